The molecule has 0 saturated carbocycles. The fraction of sp³-hybridized carbons (Fsp3) is 0.231. The fourth-order valence-corrected chi connectivity index (χ4v) is 1.88. The Kier molecular flexibility index (Phi) is 6.58. The topological polar surface area (TPSA) is 73.9 Å². The molecule has 0 heterocycles. The number of hydrogen-bond acceptors (Lipinski definition) is 6. The predicted molar refractivity (Wildman–Crippen MR) is 76.5 cm³/mol. The number of methoxy groups -OCH3 is 2. The van der Waals surface area contributed by atoms with Gasteiger partial charge in [-0.25, -0.2) is 14.0 Å². The SMILES string of the molecule is COC(=O)/C=C(/Nc1cc(Br)cc(F)c1OC(F)(F)F)C(=O)OC. The standard InChI is InChI=1S/C13H10BrF4NO5/c1-22-10(20)5-9(12(21)23-2)19-8-4-6(14)3-7(15)11(8)24-13(16,17)18/h3-5,19H,1-2H3/b9-5+. The largest absolute Gasteiger partial charge is 0.573 e. The maximum Gasteiger partial charge on any atom is 0.573 e. The molecule has 0 fully saturated rings. The van der Waals surface area contributed by atoms with Crippen molar-refractivity contribution < 1.29 is 41.4 Å². The highest BCUT2D eigenvalue weighted by Crippen LogP contribution is 2.36. The third kappa shape index (κ3) is 5.72. The van der Waals surface area contributed by atoms with E-state index in [0.717, 1.165) is 26.4 Å². The van der Waals surface area contributed by atoms with Crippen molar-refractivity contribution >= 4 is 33.6 Å². The Morgan fingerprint density at radius 1 is 1.21 bits per heavy atom. The summed E-state index contributed by atoms with van der Waals surface area (Å²) in [5, 5.41) is 2.16. The van der Waals surface area contributed by atoms with Gasteiger partial charge in [0, 0.05) is 4.47 Å². The van der Waals surface area contributed by atoms with Crippen LogP contribution in [0.3, 0.4) is 0 Å². The average molecular weight is 416 g/mol. The van der Waals surface area contributed by atoms with Crippen molar-refractivity contribution in [3.05, 3.63) is 34.2 Å². The second-order valence-corrected chi connectivity index (χ2v) is 4.93. The van der Waals surface area contributed by atoms with Crippen LogP contribution in [0, 0.1) is 5.82 Å². The number of nitrogens with one attached hydrogen (secondary N) is 1. The Labute approximate surface area is 141 Å². The molecule has 24 heavy (non-hydrogen) atoms. The van der Waals surface area contributed by atoms with Gasteiger partial charge in [-0.15, -0.1) is 13.2 Å². The van der Waals surface area contributed by atoms with Gasteiger partial charge in [-0.2, -0.15) is 0 Å². The summed E-state index contributed by atoms with van der Waals surface area (Å²) < 4.78 is 63.4. The van der Waals surface area contributed by atoms with Gasteiger partial charge >= 0.3 is 18.3 Å². The zero-order valence-corrected chi connectivity index (χ0v) is 13.7. The molecule has 0 saturated heterocycles. The number of carbonyl (C=O) groups is 2. The highest BCUT2D eigenvalue weighted by molar-refractivity contribution is 9.10. The minimum atomic E-state index is -5.18. The van der Waals surface area contributed by atoms with Crippen molar-refractivity contribution in [1.82, 2.24) is 0 Å². The molecule has 1 aromatic carbocycles. The van der Waals surface area contributed by atoms with Gasteiger partial charge in [-0.1, -0.05) is 15.9 Å². The molecule has 1 N–H and O–H groups in total. The molecule has 0 amide bonds. The van der Waals surface area contributed by atoms with E-state index in [9.17, 15) is 27.2 Å². The van der Waals surface area contributed by atoms with E-state index in [4.69, 9.17) is 0 Å². The fourth-order valence-electron chi connectivity index (χ4n) is 1.45. The molecule has 0 aliphatic heterocycles. The predicted octanol–water partition coefficient (Wildman–Crippen LogP) is 3.13. The molecule has 0 spiro atoms. The van der Waals surface area contributed by atoms with Crippen LogP contribution >= 0.6 is 15.9 Å². The third-order valence-electron chi connectivity index (χ3n) is 2.36. The second-order valence-electron chi connectivity index (χ2n) is 4.01. The number of benzene rings is 1. The first-order valence-electron chi connectivity index (χ1n) is 5.97. The van der Waals surface area contributed by atoms with Crippen LogP contribution in [0.15, 0.2) is 28.4 Å². The van der Waals surface area contributed by atoms with Crippen LogP contribution in [-0.2, 0) is 19.1 Å². The number of anilines is 1. The minimum Gasteiger partial charge on any atom is -0.466 e. The lowest BCUT2D eigenvalue weighted by Crippen LogP contribution is -2.21. The molecule has 6 nitrogen and oxygen atoms in total. The van der Waals surface area contributed by atoms with Crippen LogP contribution in [-0.4, -0.2) is 32.5 Å². The molecule has 0 aliphatic carbocycles. The highest BCUT2D eigenvalue weighted by atomic mass is 79.9. The minimum absolute atomic E-state index is 0.0549. The lowest BCUT2D eigenvalue weighted by molar-refractivity contribution is -0.275. The molecule has 0 bridgehead atoms. The quantitative estimate of drug-likeness (QED) is 0.452. The van der Waals surface area contributed by atoms with Gasteiger partial charge in [-0.05, 0) is 12.1 Å². The van der Waals surface area contributed by atoms with Crippen molar-refractivity contribution in [3.63, 3.8) is 0 Å². The van der Waals surface area contributed by atoms with Crippen molar-refractivity contribution in [2.24, 2.45) is 0 Å². The number of halogens is 5. The van der Waals surface area contributed by atoms with Crippen LogP contribution in [0.5, 0.6) is 5.75 Å². The average Bonchev–Trinajstić information content (AvgIpc) is 2.47. The molecule has 0 aliphatic rings. The monoisotopic (exact) mass is 415 g/mol. The van der Waals surface area contributed by atoms with Crippen molar-refractivity contribution in [1.29, 1.82) is 0 Å². The van der Waals surface area contributed by atoms with E-state index in [2.05, 4.69) is 35.5 Å². The molecular weight excluding hydrogens is 406 g/mol. The molecule has 1 rings (SSSR count). The number of esters is 2. The van der Waals surface area contributed by atoms with Crippen LogP contribution in [0.2, 0.25) is 0 Å². The summed E-state index contributed by atoms with van der Waals surface area (Å²) in [6.07, 6.45) is -4.55. The zero-order valence-electron chi connectivity index (χ0n) is 12.2. The van der Waals surface area contributed by atoms with E-state index in [1.807, 2.05) is 0 Å². The molecule has 0 atom stereocenters. The van der Waals surface area contributed by atoms with Gasteiger partial charge < -0.3 is 19.5 Å². The smallest absolute Gasteiger partial charge is 0.466 e. The Morgan fingerprint density at radius 2 is 1.83 bits per heavy atom. The summed E-state index contributed by atoms with van der Waals surface area (Å²) in [5.41, 5.74) is -1.16. The first-order chi connectivity index (χ1) is 11.1. The Morgan fingerprint density at radius 3 is 2.33 bits per heavy atom. The number of hydrogen-bond donors (Lipinski definition) is 1. The van der Waals surface area contributed by atoms with E-state index < -0.39 is 41.3 Å². The first-order valence-corrected chi connectivity index (χ1v) is 6.76. The number of ether oxygens (including phenoxy) is 3. The van der Waals surface area contributed by atoms with Crippen molar-refractivity contribution in [2.75, 3.05) is 19.5 Å². The summed E-state index contributed by atoms with van der Waals surface area (Å²) >= 11 is 2.89. The first kappa shape index (κ1) is 19.7. The summed E-state index contributed by atoms with van der Waals surface area (Å²) in [4.78, 5) is 22.8. The molecule has 11 heteroatoms. The van der Waals surface area contributed by atoms with E-state index in [0.29, 0.717) is 6.08 Å². The Balaban J connectivity index is 3.35. The molecule has 132 valence electrons. The number of carbonyl (C=O) groups excluding carboxylic acids is 2. The number of alkyl halides is 3. The zero-order chi connectivity index (χ0) is 18.5. The van der Waals surface area contributed by atoms with Crippen LogP contribution in [0.25, 0.3) is 0 Å². The Hall–Kier alpha value is -2.30. The van der Waals surface area contributed by atoms with Gasteiger partial charge in [0.1, 0.15) is 5.70 Å². The van der Waals surface area contributed by atoms with Crippen molar-refractivity contribution in [2.45, 2.75) is 6.36 Å². The summed E-state index contributed by atoms with van der Waals surface area (Å²) in [7, 11) is 1.99. The van der Waals surface area contributed by atoms with Gasteiger partial charge in [0.15, 0.2) is 11.6 Å². The molecule has 1 aromatic rings. The summed E-state index contributed by atoms with van der Waals surface area (Å²) in [6.45, 7) is 0. The van der Waals surface area contributed by atoms with Gasteiger partial charge in [0.05, 0.1) is 26.0 Å². The maximum absolute atomic E-state index is 13.8. The lowest BCUT2D eigenvalue weighted by Gasteiger charge is -2.16. The molecule has 0 radical (unpaired) electrons. The molecular formula is C13H10BrF4NO5. The third-order valence-corrected chi connectivity index (χ3v) is 2.82. The molecule has 0 aromatic heterocycles. The van der Waals surface area contributed by atoms with Crippen molar-refractivity contribution in [3.8, 4) is 5.75 Å². The van der Waals surface area contributed by atoms with Crippen LogP contribution in [0.4, 0.5) is 23.2 Å². The van der Waals surface area contributed by atoms with Crippen LogP contribution < -0.4 is 10.1 Å². The maximum atomic E-state index is 13.8. The number of rotatable bonds is 5. The normalized spacial score (nSPS) is 11.7. The van der Waals surface area contributed by atoms with E-state index in [1.54, 1.807) is 0 Å². The van der Waals surface area contributed by atoms with Gasteiger partial charge in [0.2, 0.25) is 0 Å². The van der Waals surface area contributed by atoms with Gasteiger partial charge in [0.25, 0.3) is 0 Å². The molecule has 0 unspecified atom stereocenters. The summed E-state index contributed by atoms with van der Waals surface area (Å²) in [5.74, 6) is -4.66. The van der Waals surface area contributed by atoms with E-state index in [-0.39, 0.29) is 4.47 Å². The van der Waals surface area contributed by atoms with Gasteiger partial charge in [-0.3, -0.25) is 0 Å². The highest BCUT2D eigenvalue weighted by Gasteiger charge is 2.34. The van der Waals surface area contributed by atoms with E-state index >= 15 is 0 Å². The van der Waals surface area contributed by atoms with Crippen LogP contribution in [0.1, 0.15) is 0 Å². The summed E-state index contributed by atoms with van der Waals surface area (Å²) in [6, 6.07) is 1.74. The second kappa shape index (κ2) is 7.99. The Bertz CT molecular complexity index is 675. The van der Waals surface area contributed by atoms with E-state index in [1.165, 1.54) is 0 Å². The lowest BCUT2D eigenvalue weighted by atomic mass is 10.2.